The first kappa shape index (κ1) is 12.2. The monoisotopic (exact) mass is 312 g/mol. The van der Waals surface area contributed by atoms with Gasteiger partial charge in [-0.2, -0.15) is 0 Å². The lowest BCUT2D eigenvalue weighted by molar-refractivity contribution is 0.416. The number of halogens is 1. The Morgan fingerprint density at radius 1 is 0.737 bits per heavy atom. The molecular weight excluding hydrogens is 300 g/mol. The molecule has 0 saturated heterocycles. The zero-order valence-corrected chi connectivity index (χ0v) is 12.1. The fraction of sp³-hybridized carbons (Fsp3) is 0.0588. The van der Waals surface area contributed by atoms with Crippen molar-refractivity contribution in [2.45, 2.75) is 0 Å². The highest BCUT2D eigenvalue weighted by Crippen LogP contribution is 2.37. The van der Waals surface area contributed by atoms with Crippen LogP contribution < -0.4 is 4.74 Å². The minimum absolute atomic E-state index is 0.898. The number of hydrogen-bond acceptors (Lipinski definition) is 1. The topological polar surface area (TPSA) is 9.23 Å². The van der Waals surface area contributed by atoms with Crippen LogP contribution in [-0.2, 0) is 0 Å². The van der Waals surface area contributed by atoms with E-state index in [0.717, 1.165) is 15.8 Å². The first-order valence-electron chi connectivity index (χ1n) is 6.12. The summed E-state index contributed by atoms with van der Waals surface area (Å²) >= 11 is 3.61. The average molecular weight is 313 g/mol. The molecule has 0 bridgehead atoms. The maximum absolute atomic E-state index is 5.47. The third-order valence-corrected chi connectivity index (χ3v) is 3.96. The Morgan fingerprint density at radius 3 is 2.21 bits per heavy atom. The van der Waals surface area contributed by atoms with Gasteiger partial charge in [0.1, 0.15) is 5.75 Å². The van der Waals surface area contributed by atoms with E-state index in [0.29, 0.717) is 0 Å². The Kier molecular flexibility index (Phi) is 3.26. The Morgan fingerprint density at radius 2 is 1.42 bits per heavy atom. The molecule has 0 fully saturated rings. The molecule has 19 heavy (non-hydrogen) atoms. The standard InChI is InChI=1S/C17H13BrO/c1-19-17-9-5-4-8-15(17)13-10-11-16(18)14-7-3-2-6-12(13)14/h2-11H,1H3. The van der Waals surface area contributed by atoms with Gasteiger partial charge in [0.2, 0.25) is 0 Å². The third kappa shape index (κ3) is 2.13. The molecular formula is C17H13BrO. The Balaban J connectivity index is 2.34. The van der Waals surface area contributed by atoms with E-state index in [1.807, 2.05) is 18.2 Å². The van der Waals surface area contributed by atoms with E-state index in [1.165, 1.54) is 16.3 Å². The molecule has 0 N–H and O–H groups in total. The second-order valence-corrected chi connectivity index (χ2v) is 5.20. The predicted molar refractivity (Wildman–Crippen MR) is 83.6 cm³/mol. The molecule has 3 aromatic carbocycles. The predicted octanol–water partition coefficient (Wildman–Crippen LogP) is 5.28. The number of para-hydroxylation sites is 1. The Labute approximate surface area is 121 Å². The first-order chi connectivity index (χ1) is 9.31. The number of hydrogen-bond donors (Lipinski definition) is 0. The molecule has 0 aliphatic rings. The van der Waals surface area contributed by atoms with Crippen LogP contribution in [0.1, 0.15) is 0 Å². The van der Waals surface area contributed by atoms with E-state index in [2.05, 4.69) is 58.4 Å². The Hall–Kier alpha value is -1.80. The summed E-state index contributed by atoms with van der Waals surface area (Å²) in [6, 6.07) is 20.7. The molecule has 2 heteroatoms. The first-order valence-corrected chi connectivity index (χ1v) is 6.91. The molecule has 0 aliphatic heterocycles. The van der Waals surface area contributed by atoms with Crippen molar-refractivity contribution in [3.05, 3.63) is 65.1 Å². The fourth-order valence-corrected chi connectivity index (χ4v) is 2.84. The second kappa shape index (κ2) is 5.06. The number of ether oxygens (including phenoxy) is 1. The highest BCUT2D eigenvalue weighted by Gasteiger charge is 2.09. The number of fused-ring (bicyclic) bond motifs is 1. The molecule has 0 aliphatic carbocycles. The van der Waals surface area contributed by atoms with Gasteiger partial charge in [-0.25, -0.2) is 0 Å². The van der Waals surface area contributed by atoms with E-state index in [1.54, 1.807) is 7.11 Å². The van der Waals surface area contributed by atoms with Crippen LogP contribution in [0.25, 0.3) is 21.9 Å². The van der Waals surface area contributed by atoms with Crippen LogP contribution in [0.3, 0.4) is 0 Å². The van der Waals surface area contributed by atoms with Gasteiger partial charge in [0, 0.05) is 10.0 Å². The maximum atomic E-state index is 5.47. The molecule has 3 rings (SSSR count). The normalized spacial score (nSPS) is 10.6. The van der Waals surface area contributed by atoms with Gasteiger partial charge in [-0.05, 0) is 28.5 Å². The van der Waals surface area contributed by atoms with Gasteiger partial charge < -0.3 is 4.74 Å². The second-order valence-electron chi connectivity index (χ2n) is 4.34. The molecule has 0 unspecified atom stereocenters. The molecule has 1 nitrogen and oxygen atoms in total. The fourth-order valence-electron chi connectivity index (χ4n) is 2.36. The molecule has 0 amide bonds. The van der Waals surface area contributed by atoms with Crippen LogP contribution in [0, 0.1) is 0 Å². The van der Waals surface area contributed by atoms with E-state index in [-0.39, 0.29) is 0 Å². The number of benzene rings is 3. The number of rotatable bonds is 2. The lowest BCUT2D eigenvalue weighted by atomic mass is 9.98. The van der Waals surface area contributed by atoms with Crippen molar-refractivity contribution in [3.63, 3.8) is 0 Å². The molecule has 94 valence electrons. The number of methoxy groups -OCH3 is 1. The van der Waals surface area contributed by atoms with Crippen LogP contribution >= 0.6 is 15.9 Å². The van der Waals surface area contributed by atoms with Crippen molar-refractivity contribution < 1.29 is 4.74 Å². The summed E-state index contributed by atoms with van der Waals surface area (Å²) in [7, 11) is 1.71. The molecule has 0 aromatic heterocycles. The van der Waals surface area contributed by atoms with E-state index < -0.39 is 0 Å². The van der Waals surface area contributed by atoms with Gasteiger partial charge in [-0.3, -0.25) is 0 Å². The van der Waals surface area contributed by atoms with Crippen molar-refractivity contribution >= 4 is 26.7 Å². The summed E-state index contributed by atoms with van der Waals surface area (Å²) in [5, 5.41) is 2.44. The van der Waals surface area contributed by atoms with Gasteiger partial charge in [0.25, 0.3) is 0 Å². The lowest BCUT2D eigenvalue weighted by Crippen LogP contribution is -1.88. The minimum atomic E-state index is 0.898. The zero-order valence-electron chi connectivity index (χ0n) is 10.6. The molecule has 0 atom stereocenters. The summed E-state index contributed by atoms with van der Waals surface area (Å²) in [6.45, 7) is 0. The SMILES string of the molecule is COc1ccccc1-c1ccc(Br)c2ccccc12. The van der Waals surface area contributed by atoms with Crippen LogP contribution in [0.4, 0.5) is 0 Å². The van der Waals surface area contributed by atoms with Crippen LogP contribution in [0.15, 0.2) is 65.1 Å². The Bertz CT molecular complexity index is 734. The van der Waals surface area contributed by atoms with E-state index >= 15 is 0 Å². The van der Waals surface area contributed by atoms with Gasteiger partial charge in [-0.15, -0.1) is 0 Å². The van der Waals surface area contributed by atoms with Crippen molar-refractivity contribution in [1.29, 1.82) is 0 Å². The zero-order chi connectivity index (χ0) is 13.2. The van der Waals surface area contributed by atoms with Crippen molar-refractivity contribution in [2.24, 2.45) is 0 Å². The average Bonchev–Trinajstić information content (AvgIpc) is 2.48. The largest absolute Gasteiger partial charge is 0.496 e. The van der Waals surface area contributed by atoms with Crippen molar-refractivity contribution in [3.8, 4) is 16.9 Å². The van der Waals surface area contributed by atoms with Crippen LogP contribution in [0.5, 0.6) is 5.75 Å². The smallest absolute Gasteiger partial charge is 0.126 e. The highest BCUT2D eigenvalue weighted by molar-refractivity contribution is 9.10. The summed E-state index contributed by atoms with van der Waals surface area (Å²) in [5.74, 6) is 0.898. The van der Waals surface area contributed by atoms with Crippen LogP contribution in [0.2, 0.25) is 0 Å². The highest BCUT2D eigenvalue weighted by atomic mass is 79.9. The van der Waals surface area contributed by atoms with Crippen molar-refractivity contribution in [1.82, 2.24) is 0 Å². The van der Waals surface area contributed by atoms with Gasteiger partial charge in [0.05, 0.1) is 7.11 Å². The minimum Gasteiger partial charge on any atom is -0.496 e. The van der Waals surface area contributed by atoms with Gasteiger partial charge >= 0.3 is 0 Å². The van der Waals surface area contributed by atoms with Crippen molar-refractivity contribution in [2.75, 3.05) is 7.11 Å². The summed E-state index contributed by atoms with van der Waals surface area (Å²) < 4.78 is 6.58. The van der Waals surface area contributed by atoms with Crippen LogP contribution in [-0.4, -0.2) is 7.11 Å². The van der Waals surface area contributed by atoms with E-state index in [4.69, 9.17) is 4.74 Å². The van der Waals surface area contributed by atoms with Gasteiger partial charge in [-0.1, -0.05) is 64.5 Å². The summed E-state index contributed by atoms with van der Waals surface area (Å²) in [6.07, 6.45) is 0. The molecule has 0 heterocycles. The van der Waals surface area contributed by atoms with E-state index in [9.17, 15) is 0 Å². The molecule has 3 aromatic rings. The third-order valence-electron chi connectivity index (χ3n) is 3.27. The maximum Gasteiger partial charge on any atom is 0.126 e. The quantitative estimate of drug-likeness (QED) is 0.625. The summed E-state index contributed by atoms with van der Waals surface area (Å²) in [5.41, 5.74) is 2.31. The van der Waals surface area contributed by atoms with Gasteiger partial charge in [0.15, 0.2) is 0 Å². The molecule has 0 spiro atoms. The summed E-state index contributed by atoms with van der Waals surface area (Å²) in [4.78, 5) is 0. The molecule has 0 saturated carbocycles. The lowest BCUT2D eigenvalue weighted by Gasteiger charge is -2.12. The molecule has 0 radical (unpaired) electrons.